The molecule has 1 aliphatic rings. The number of hydrogen-bond acceptors (Lipinski definition) is 5. The maximum atomic E-state index is 13.2. The van der Waals surface area contributed by atoms with Crippen molar-refractivity contribution in [2.75, 3.05) is 49.5 Å². The van der Waals surface area contributed by atoms with Gasteiger partial charge < -0.3 is 15.0 Å². The Kier molecular flexibility index (Phi) is 10.9. The van der Waals surface area contributed by atoms with Gasteiger partial charge in [0, 0.05) is 63.1 Å². The largest absolute Gasteiger partial charge is 0.494 e. The summed E-state index contributed by atoms with van der Waals surface area (Å²) in [7, 11) is 0. The third kappa shape index (κ3) is 8.65. The number of hydrogen-bond donors (Lipinski definition) is 1. The highest BCUT2D eigenvalue weighted by Gasteiger charge is 2.21. The number of nitrogens with zero attached hydrogens (tertiary/aromatic N) is 3. The zero-order chi connectivity index (χ0) is 29.2. The number of benzene rings is 3. The molecule has 2 amide bonds. The number of carbonyl (C=O) groups is 2. The van der Waals surface area contributed by atoms with Crippen molar-refractivity contribution in [2.45, 2.75) is 53.1 Å². The summed E-state index contributed by atoms with van der Waals surface area (Å²) in [4.78, 5) is 32.5. The molecule has 3 aromatic carbocycles. The van der Waals surface area contributed by atoms with Crippen LogP contribution < -0.4 is 15.0 Å². The van der Waals surface area contributed by atoms with Crippen molar-refractivity contribution in [1.82, 2.24) is 9.80 Å². The molecule has 0 atom stereocenters. The first-order chi connectivity index (χ1) is 19.8. The molecule has 0 aliphatic carbocycles. The molecule has 4 rings (SSSR count). The Labute approximate surface area is 245 Å². The number of fused-ring (bicyclic) bond motifs is 1. The Morgan fingerprint density at radius 2 is 1.59 bits per heavy atom. The highest BCUT2D eigenvalue weighted by molar-refractivity contribution is 5.93. The molecule has 0 radical (unpaired) electrons. The van der Waals surface area contributed by atoms with Crippen molar-refractivity contribution in [3.63, 3.8) is 0 Å². The third-order valence-electron chi connectivity index (χ3n) is 7.54. The maximum Gasteiger partial charge on any atom is 0.238 e. The Morgan fingerprint density at radius 3 is 2.32 bits per heavy atom. The van der Waals surface area contributed by atoms with Crippen LogP contribution in [0.5, 0.6) is 5.75 Å². The van der Waals surface area contributed by atoms with E-state index in [1.165, 1.54) is 5.56 Å². The molecule has 1 N–H and O–H groups in total. The quantitative estimate of drug-likeness (QED) is 0.374. The van der Waals surface area contributed by atoms with E-state index in [1.54, 1.807) is 6.92 Å². The van der Waals surface area contributed by atoms with E-state index >= 15 is 0 Å². The lowest BCUT2D eigenvalue weighted by Gasteiger charge is -2.28. The maximum absolute atomic E-state index is 13.2. The fourth-order valence-electron chi connectivity index (χ4n) is 5.34. The lowest BCUT2D eigenvalue weighted by molar-refractivity contribution is -0.118. The highest BCUT2D eigenvalue weighted by Crippen LogP contribution is 2.25. The summed E-state index contributed by atoms with van der Waals surface area (Å²) in [5.41, 5.74) is 5.16. The van der Waals surface area contributed by atoms with E-state index in [9.17, 15) is 9.59 Å². The molecular formula is C34H44N4O3. The minimum absolute atomic E-state index is 0.0269. The number of amides is 2. The fraction of sp³-hybridized carbons (Fsp3) is 0.412. The normalized spacial score (nSPS) is 15.2. The van der Waals surface area contributed by atoms with E-state index in [0.717, 1.165) is 54.3 Å². The van der Waals surface area contributed by atoms with Crippen LogP contribution in [-0.4, -0.2) is 60.9 Å². The van der Waals surface area contributed by atoms with Gasteiger partial charge in [-0.05, 0) is 54.7 Å². The standard InChI is InChI=1S/C34H44N4O3/c1-5-41-33-14-9-7-12-30(33)24-36-19-10-20-38(27(4)39)32-13-8-6-11-29(32)23-37(22-21-36)25-34(40)35-31-17-15-28(16-18-31)26(2)3/h6-9,11-18,26H,5,10,19-25H2,1-4H3,(H,35,40). The summed E-state index contributed by atoms with van der Waals surface area (Å²) in [6, 6.07) is 24.3. The van der Waals surface area contributed by atoms with Crippen LogP contribution in [0.15, 0.2) is 72.8 Å². The number of para-hydroxylation sites is 2. The summed E-state index contributed by atoms with van der Waals surface area (Å²) in [6.45, 7) is 13.1. The van der Waals surface area contributed by atoms with Crippen LogP contribution in [0.2, 0.25) is 0 Å². The van der Waals surface area contributed by atoms with Gasteiger partial charge in [-0.3, -0.25) is 19.4 Å². The molecule has 3 aromatic rings. The van der Waals surface area contributed by atoms with Crippen molar-refractivity contribution < 1.29 is 14.3 Å². The van der Waals surface area contributed by atoms with Crippen molar-refractivity contribution >= 4 is 23.2 Å². The van der Waals surface area contributed by atoms with Gasteiger partial charge in [-0.1, -0.05) is 62.4 Å². The van der Waals surface area contributed by atoms with E-state index in [-0.39, 0.29) is 18.4 Å². The second kappa shape index (κ2) is 14.8. The van der Waals surface area contributed by atoms with Crippen LogP contribution in [0.25, 0.3) is 0 Å². The summed E-state index contributed by atoms with van der Waals surface area (Å²) < 4.78 is 5.90. The van der Waals surface area contributed by atoms with Crippen molar-refractivity contribution in [2.24, 2.45) is 0 Å². The molecule has 0 fully saturated rings. The molecule has 218 valence electrons. The minimum atomic E-state index is -0.0497. The number of nitrogens with one attached hydrogen (secondary N) is 1. The SMILES string of the molecule is CCOc1ccccc1CN1CCCN(C(C)=O)c2ccccc2CN(CC(=O)Nc2ccc(C(C)C)cc2)CC1. The molecule has 0 saturated heterocycles. The van der Waals surface area contributed by atoms with Gasteiger partial charge >= 0.3 is 0 Å². The molecule has 0 aromatic heterocycles. The molecule has 0 spiro atoms. The summed E-state index contributed by atoms with van der Waals surface area (Å²) in [5.74, 6) is 1.32. The van der Waals surface area contributed by atoms with Crippen LogP contribution >= 0.6 is 0 Å². The molecular weight excluding hydrogens is 512 g/mol. The molecule has 1 aliphatic heterocycles. The van der Waals surface area contributed by atoms with Gasteiger partial charge in [0.1, 0.15) is 5.75 Å². The van der Waals surface area contributed by atoms with E-state index in [2.05, 4.69) is 53.2 Å². The average molecular weight is 557 g/mol. The average Bonchev–Trinajstić information content (AvgIpc) is 2.98. The topological polar surface area (TPSA) is 65.1 Å². The van der Waals surface area contributed by atoms with Gasteiger partial charge in [-0.15, -0.1) is 0 Å². The second-order valence-electron chi connectivity index (χ2n) is 11.0. The van der Waals surface area contributed by atoms with Crippen LogP contribution in [0.1, 0.15) is 56.7 Å². The van der Waals surface area contributed by atoms with E-state index in [0.29, 0.717) is 32.2 Å². The molecule has 41 heavy (non-hydrogen) atoms. The molecule has 0 saturated carbocycles. The molecule has 0 unspecified atom stereocenters. The smallest absolute Gasteiger partial charge is 0.238 e. The van der Waals surface area contributed by atoms with Gasteiger partial charge in [0.05, 0.1) is 13.2 Å². The number of carbonyl (C=O) groups excluding carboxylic acids is 2. The lowest BCUT2D eigenvalue weighted by Crippen LogP contribution is -2.39. The number of ether oxygens (including phenoxy) is 1. The summed E-state index contributed by atoms with van der Waals surface area (Å²) in [6.07, 6.45) is 0.845. The van der Waals surface area contributed by atoms with E-state index in [4.69, 9.17) is 4.74 Å². The first kappa shape index (κ1) is 30.3. The lowest BCUT2D eigenvalue weighted by atomic mass is 10.0. The Bertz CT molecular complexity index is 1290. The van der Waals surface area contributed by atoms with Crippen molar-refractivity contribution in [3.8, 4) is 5.75 Å². The zero-order valence-corrected chi connectivity index (χ0v) is 24.9. The number of anilines is 2. The molecule has 7 nitrogen and oxygen atoms in total. The predicted molar refractivity (Wildman–Crippen MR) is 166 cm³/mol. The Hall–Kier alpha value is -3.68. The van der Waals surface area contributed by atoms with Crippen molar-refractivity contribution in [1.29, 1.82) is 0 Å². The van der Waals surface area contributed by atoms with Crippen LogP contribution in [0, 0.1) is 0 Å². The van der Waals surface area contributed by atoms with Crippen LogP contribution in [0.3, 0.4) is 0 Å². The first-order valence-corrected chi connectivity index (χ1v) is 14.7. The molecule has 7 heteroatoms. The van der Waals surface area contributed by atoms with E-state index < -0.39 is 0 Å². The zero-order valence-electron chi connectivity index (χ0n) is 24.9. The summed E-state index contributed by atoms with van der Waals surface area (Å²) in [5, 5.41) is 3.08. The Morgan fingerprint density at radius 1 is 0.878 bits per heavy atom. The van der Waals surface area contributed by atoms with Gasteiger partial charge in [-0.25, -0.2) is 0 Å². The van der Waals surface area contributed by atoms with Gasteiger partial charge in [0.25, 0.3) is 0 Å². The molecule has 1 heterocycles. The minimum Gasteiger partial charge on any atom is -0.494 e. The fourth-order valence-corrected chi connectivity index (χ4v) is 5.34. The van der Waals surface area contributed by atoms with E-state index in [1.807, 2.05) is 60.4 Å². The highest BCUT2D eigenvalue weighted by atomic mass is 16.5. The second-order valence-corrected chi connectivity index (χ2v) is 11.0. The van der Waals surface area contributed by atoms with Crippen LogP contribution in [-0.2, 0) is 22.7 Å². The number of rotatable bonds is 8. The Balaban J connectivity index is 1.55. The monoisotopic (exact) mass is 556 g/mol. The van der Waals surface area contributed by atoms with Crippen molar-refractivity contribution in [3.05, 3.63) is 89.5 Å². The van der Waals surface area contributed by atoms with Gasteiger partial charge in [-0.2, -0.15) is 0 Å². The van der Waals surface area contributed by atoms with Gasteiger partial charge in [0.15, 0.2) is 0 Å². The predicted octanol–water partition coefficient (Wildman–Crippen LogP) is 5.91. The molecule has 0 bridgehead atoms. The van der Waals surface area contributed by atoms with Crippen LogP contribution in [0.4, 0.5) is 11.4 Å². The third-order valence-corrected chi connectivity index (χ3v) is 7.54. The summed E-state index contributed by atoms with van der Waals surface area (Å²) >= 11 is 0. The first-order valence-electron chi connectivity index (χ1n) is 14.7. The van der Waals surface area contributed by atoms with Gasteiger partial charge in [0.2, 0.25) is 11.8 Å².